The second-order valence-electron chi connectivity index (χ2n) is 8.00. The molecule has 30 heavy (non-hydrogen) atoms. The topological polar surface area (TPSA) is 43.6 Å². The summed E-state index contributed by atoms with van der Waals surface area (Å²) in [6.45, 7) is 8.39. The Kier molecular flexibility index (Phi) is 5.66. The number of nitrogens with zero attached hydrogens (tertiary/aromatic N) is 4. The molecule has 2 heterocycles. The van der Waals surface area contributed by atoms with Gasteiger partial charge in [-0.25, -0.2) is 4.68 Å². The monoisotopic (exact) mass is 476 g/mol. The van der Waals surface area contributed by atoms with Gasteiger partial charge in [-0.3, -0.25) is 0 Å². The first kappa shape index (κ1) is 21.3. The fraction of sp³-hybridized carbons (Fsp3) is 0.227. The molecule has 0 amide bonds. The van der Waals surface area contributed by atoms with Crippen molar-refractivity contribution in [3.8, 4) is 27.6 Å². The van der Waals surface area contributed by atoms with Crippen LogP contribution in [0.4, 0.5) is 0 Å². The number of halogens is 3. The lowest BCUT2D eigenvalue weighted by molar-refractivity contribution is 0.578. The Balaban J connectivity index is 1.95. The number of hydrogen-bond donors (Lipinski definition) is 0. The lowest BCUT2D eigenvalue weighted by Crippen LogP contribution is -2.10. The molecule has 8 heteroatoms. The Morgan fingerprint density at radius 3 is 2.17 bits per heavy atom. The predicted molar refractivity (Wildman–Crippen MR) is 126 cm³/mol. The molecule has 0 bridgehead atoms. The molecule has 0 atom stereocenters. The van der Waals surface area contributed by atoms with Gasteiger partial charge in [-0.15, -0.1) is 10.2 Å². The zero-order valence-electron chi connectivity index (χ0n) is 16.9. The van der Waals surface area contributed by atoms with Crippen molar-refractivity contribution in [3.63, 3.8) is 0 Å². The van der Waals surface area contributed by atoms with E-state index in [0.29, 0.717) is 15.1 Å². The van der Waals surface area contributed by atoms with Gasteiger partial charge < -0.3 is 0 Å². The summed E-state index contributed by atoms with van der Waals surface area (Å²) < 4.78 is 1.84. The Labute approximate surface area is 194 Å². The van der Waals surface area contributed by atoms with Crippen LogP contribution in [0.25, 0.3) is 27.6 Å². The standard InChI is InChI=1S/C22H19Cl3N4S/c1-12-18(20-26-27-21(30-20)22(2,3)4)28-29(17-10-9-15(24)11-16(17)25)19(12)13-5-7-14(23)8-6-13/h5-11H,1-4H3. The van der Waals surface area contributed by atoms with Crippen LogP contribution in [0.1, 0.15) is 31.3 Å². The molecule has 0 aliphatic heterocycles. The van der Waals surface area contributed by atoms with Crippen molar-refractivity contribution >= 4 is 46.1 Å². The molecular formula is C22H19Cl3N4S. The van der Waals surface area contributed by atoms with E-state index in [4.69, 9.17) is 39.9 Å². The number of hydrogen-bond acceptors (Lipinski definition) is 4. The Morgan fingerprint density at radius 1 is 0.900 bits per heavy atom. The molecule has 0 aliphatic carbocycles. The van der Waals surface area contributed by atoms with Gasteiger partial charge in [0, 0.05) is 26.6 Å². The van der Waals surface area contributed by atoms with E-state index < -0.39 is 0 Å². The normalized spacial score (nSPS) is 11.8. The van der Waals surface area contributed by atoms with E-state index in [1.807, 2.05) is 41.9 Å². The second kappa shape index (κ2) is 7.97. The van der Waals surface area contributed by atoms with Crippen LogP contribution in [-0.4, -0.2) is 20.0 Å². The van der Waals surface area contributed by atoms with Crippen LogP contribution in [0.15, 0.2) is 42.5 Å². The molecule has 0 N–H and O–H groups in total. The van der Waals surface area contributed by atoms with Crippen molar-refractivity contribution in [2.75, 3.05) is 0 Å². The van der Waals surface area contributed by atoms with E-state index in [2.05, 4.69) is 31.0 Å². The van der Waals surface area contributed by atoms with Crippen LogP contribution in [0, 0.1) is 6.92 Å². The van der Waals surface area contributed by atoms with Gasteiger partial charge in [0.25, 0.3) is 0 Å². The van der Waals surface area contributed by atoms with Gasteiger partial charge in [-0.1, -0.05) is 79.0 Å². The fourth-order valence-corrected chi connectivity index (χ4v) is 4.65. The van der Waals surface area contributed by atoms with Crippen molar-refractivity contribution in [2.45, 2.75) is 33.1 Å². The summed E-state index contributed by atoms with van der Waals surface area (Å²) in [5.41, 5.74) is 4.31. The minimum Gasteiger partial charge on any atom is -0.231 e. The van der Waals surface area contributed by atoms with Crippen LogP contribution < -0.4 is 0 Å². The minimum atomic E-state index is -0.0785. The Bertz CT molecular complexity index is 1220. The van der Waals surface area contributed by atoms with E-state index in [1.165, 1.54) is 0 Å². The van der Waals surface area contributed by atoms with E-state index in [-0.39, 0.29) is 5.41 Å². The van der Waals surface area contributed by atoms with Crippen LogP contribution >= 0.6 is 46.1 Å². The van der Waals surface area contributed by atoms with Crippen molar-refractivity contribution < 1.29 is 0 Å². The average Bonchev–Trinajstić information content (AvgIpc) is 3.28. The summed E-state index contributed by atoms with van der Waals surface area (Å²) >= 11 is 20.3. The van der Waals surface area contributed by atoms with E-state index in [0.717, 1.165) is 38.2 Å². The van der Waals surface area contributed by atoms with Crippen molar-refractivity contribution in [3.05, 3.63) is 68.1 Å². The molecule has 154 valence electrons. The smallest absolute Gasteiger partial charge is 0.168 e. The molecule has 4 nitrogen and oxygen atoms in total. The van der Waals surface area contributed by atoms with Gasteiger partial charge in [-0.05, 0) is 37.3 Å². The van der Waals surface area contributed by atoms with E-state index in [9.17, 15) is 0 Å². The van der Waals surface area contributed by atoms with Crippen LogP contribution in [0.2, 0.25) is 15.1 Å². The molecule has 0 radical (unpaired) electrons. The molecule has 0 spiro atoms. The summed E-state index contributed by atoms with van der Waals surface area (Å²) in [5, 5.41) is 17.2. The first-order valence-electron chi connectivity index (χ1n) is 9.30. The lowest BCUT2D eigenvalue weighted by atomic mass is 9.98. The van der Waals surface area contributed by atoms with Crippen LogP contribution in [0.3, 0.4) is 0 Å². The third-order valence-electron chi connectivity index (χ3n) is 4.65. The highest BCUT2D eigenvalue weighted by atomic mass is 35.5. The highest BCUT2D eigenvalue weighted by Crippen LogP contribution is 2.38. The van der Waals surface area contributed by atoms with E-state index >= 15 is 0 Å². The number of benzene rings is 2. The maximum Gasteiger partial charge on any atom is 0.168 e. The van der Waals surface area contributed by atoms with Crippen LogP contribution in [-0.2, 0) is 5.41 Å². The molecule has 2 aromatic heterocycles. The summed E-state index contributed by atoms with van der Waals surface area (Å²) in [4.78, 5) is 0. The van der Waals surface area contributed by atoms with Gasteiger partial charge in [0.1, 0.15) is 10.7 Å². The summed E-state index contributed by atoms with van der Waals surface area (Å²) in [5.74, 6) is 0. The highest BCUT2D eigenvalue weighted by molar-refractivity contribution is 7.14. The number of rotatable bonds is 3. The molecule has 2 aromatic carbocycles. The summed E-state index contributed by atoms with van der Waals surface area (Å²) in [7, 11) is 0. The SMILES string of the molecule is Cc1c(-c2nnc(C(C)(C)C)s2)nn(-c2ccc(Cl)cc2Cl)c1-c1ccc(Cl)cc1. The Hall–Kier alpha value is -1.92. The fourth-order valence-electron chi connectivity index (χ4n) is 3.10. The maximum atomic E-state index is 6.53. The quantitative estimate of drug-likeness (QED) is 0.305. The first-order chi connectivity index (χ1) is 14.1. The molecule has 4 rings (SSSR count). The predicted octanol–water partition coefficient (Wildman–Crippen LogP) is 7.62. The molecule has 0 unspecified atom stereocenters. The molecule has 4 aromatic rings. The molecule has 0 saturated carbocycles. The summed E-state index contributed by atoms with van der Waals surface area (Å²) in [6, 6.07) is 13.0. The highest BCUT2D eigenvalue weighted by Gasteiger charge is 2.25. The third kappa shape index (κ3) is 4.00. The van der Waals surface area contributed by atoms with Crippen molar-refractivity contribution in [2.24, 2.45) is 0 Å². The maximum absolute atomic E-state index is 6.53. The molecule has 0 aliphatic rings. The van der Waals surface area contributed by atoms with Gasteiger partial charge in [0.15, 0.2) is 5.01 Å². The first-order valence-corrected chi connectivity index (χ1v) is 11.3. The van der Waals surface area contributed by atoms with Gasteiger partial charge in [0.2, 0.25) is 0 Å². The largest absolute Gasteiger partial charge is 0.231 e. The molecule has 0 saturated heterocycles. The van der Waals surface area contributed by atoms with E-state index in [1.54, 1.807) is 23.5 Å². The molecule has 0 fully saturated rings. The third-order valence-corrected chi connectivity index (χ3v) is 6.79. The van der Waals surface area contributed by atoms with Gasteiger partial charge >= 0.3 is 0 Å². The van der Waals surface area contributed by atoms with Crippen molar-refractivity contribution in [1.29, 1.82) is 0 Å². The summed E-state index contributed by atoms with van der Waals surface area (Å²) in [6.07, 6.45) is 0. The Morgan fingerprint density at radius 2 is 1.57 bits per heavy atom. The zero-order chi connectivity index (χ0) is 21.6. The van der Waals surface area contributed by atoms with Gasteiger partial charge in [0.05, 0.1) is 16.4 Å². The van der Waals surface area contributed by atoms with Crippen LogP contribution in [0.5, 0.6) is 0 Å². The second-order valence-corrected chi connectivity index (χ2v) is 10.3. The number of aromatic nitrogens is 4. The van der Waals surface area contributed by atoms with Gasteiger partial charge in [-0.2, -0.15) is 5.10 Å². The zero-order valence-corrected chi connectivity index (χ0v) is 20.0. The minimum absolute atomic E-state index is 0.0785. The average molecular weight is 478 g/mol. The lowest BCUT2D eigenvalue weighted by Gasteiger charge is -2.12. The van der Waals surface area contributed by atoms with Crippen molar-refractivity contribution in [1.82, 2.24) is 20.0 Å². The molecular weight excluding hydrogens is 459 g/mol.